The van der Waals surface area contributed by atoms with Crippen LogP contribution in [-0.2, 0) is 19.1 Å². The first-order chi connectivity index (χ1) is 13.0. The normalized spacial score (nSPS) is 33.0. The Morgan fingerprint density at radius 2 is 2.00 bits per heavy atom. The highest BCUT2D eigenvalue weighted by molar-refractivity contribution is 6.08. The van der Waals surface area contributed by atoms with Gasteiger partial charge in [-0.25, -0.2) is 4.79 Å². The van der Waals surface area contributed by atoms with Gasteiger partial charge in [0.2, 0.25) is 11.8 Å². The number of urea groups is 1. The van der Waals surface area contributed by atoms with E-state index in [4.69, 9.17) is 4.74 Å². The van der Waals surface area contributed by atoms with E-state index in [-0.39, 0.29) is 42.1 Å². The van der Waals surface area contributed by atoms with Crippen LogP contribution in [0.3, 0.4) is 0 Å². The molecule has 146 valence electrons. The standard InChI is InChI=1S/C18H24N4O5/c23-14(19-12-3-1-2-4-12)7-13-10-27-6-5-22(13)15(24)11-8-18(9-11)16(25)20-17(26)21-18/h1-2,11-13H,3-10H2,(H,19,23)(H2,20,21,25,26)/t11?,13-,18?/m0/s1. The van der Waals surface area contributed by atoms with Gasteiger partial charge in [0.15, 0.2) is 0 Å². The first kappa shape index (κ1) is 18.0. The number of carbonyl (C=O) groups excluding carboxylic acids is 4. The highest BCUT2D eigenvalue weighted by Crippen LogP contribution is 2.41. The van der Waals surface area contributed by atoms with Gasteiger partial charge in [0.25, 0.3) is 5.91 Å². The topological polar surface area (TPSA) is 117 Å². The summed E-state index contributed by atoms with van der Waals surface area (Å²) in [4.78, 5) is 50.2. The fourth-order valence-electron chi connectivity index (χ4n) is 4.36. The van der Waals surface area contributed by atoms with E-state index in [0.29, 0.717) is 32.6 Å². The second-order valence-corrected chi connectivity index (χ2v) is 7.77. The van der Waals surface area contributed by atoms with Crippen molar-refractivity contribution in [3.05, 3.63) is 12.2 Å². The predicted octanol–water partition coefficient (Wildman–Crippen LogP) is -0.573. The highest BCUT2D eigenvalue weighted by atomic mass is 16.5. The summed E-state index contributed by atoms with van der Waals surface area (Å²) in [6, 6.07) is -0.667. The maximum absolute atomic E-state index is 12.9. The molecule has 1 atom stereocenters. The molecule has 3 fully saturated rings. The lowest BCUT2D eigenvalue weighted by atomic mass is 9.67. The molecule has 2 heterocycles. The third-order valence-corrected chi connectivity index (χ3v) is 5.86. The van der Waals surface area contributed by atoms with Gasteiger partial charge in [-0.1, -0.05) is 12.2 Å². The molecule has 0 aromatic rings. The third-order valence-electron chi connectivity index (χ3n) is 5.86. The van der Waals surface area contributed by atoms with Gasteiger partial charge in [0.05, 0.1) is 19.3 Å². The largest absolute Gasteiger partial charge is 0.377 e. The molecule has 9 nitrogen and oxygen atoms in total. The van der Waals surface area contributed by atoms with Crippen LogP contribution < -0.4 is 16.0 Å². The van der Waals surface area contributed by atoms with Gasteiger partial charge < -0.3 is 20.3 Å². The zero-order valence-corrected chi connectivity index (χ0v) is 15.0. The summed E-state index contributed by atoms with van der Waals surface area (Å²) in [6.45, 7) is 1.20. The molecule has 1 saturated carbocycles. The lowest BCUT2D eigenvalue weighted by molar-refractivity contribution is -0.152. The van der Waals surface area contributed by atoms with E-state index in [1.807, 2.05) is 0 Å². The summed E-state index contributed by atoms with van der Waals surface area (Å²) in [5, 5.41) is 7.85. The quantitative estimate of drug-likeness (QED) is 0.449. The molecule has 2 saturated heterocycles. The van der Waals surface area contributed by atoms with Crippen molar-refractivity contribution in [3.8, 4) is 0 Å². The van der Waals surface area contributed by atoms with E-state index in [2.05, 4.69) is 28.1 Å². The monoisotopic (exact) mass is 376 g/mol. The minimum Gasteiger partial charge on any atom is -0.377 e. The zero-order valence-electron chi connectivity index (χ0n) is 15.0. The van der Waals surface area contributed by atoms with Crippen LogP contribution in [0.4, 0.5) is 4.79 Å². The van der Waals surface area contributed by atoms with Gasteiger partial charge in [-0.05, 0) is 25.7 Å². The molecule has 3 N–H and O–H groups in total. The molecule has 2 aliphatic heterocycles. The Morgan fingerprint density at radius 1 is 1.26 bits per heavy atom. The third kappa shape index (κ3) is 3.43. The van der Waals surface area contributed by atoms with Gasteiger partial charge in [-0.2, -0.15) is 0 Å². The minimum atomic E-state index is -0.938. The predicted molar refractivity (Wildman–Crippen MR) is 93.4 cm³/mol. The number of hydrogen-bond acceptors (Lipinski definition) is 5. The van der Waals surface area contributed by atoms with E-state index in [9.17, 15) is 19.2 Å². The molecule has 0 unspecified atom stereocenters. The molecule has 4 rings (SSSR count). The maximum atomic E-state index is 12.9. The Kier molecular flexibility index (Phi) is 4.63. The molecule has 0 aromatic heterocycles. The average Bonchev–Trinajstić information content (AvgIpc) is 3.20. The van der Waals surface area contributed by atoms with Crippen molar-refractivity contribution < 1.29 is 23.9 Å². The fraction of sp³-hybridized carbons (Fsp3) is 0.667. The highest BCUT2D eigenvalue weighted by Gasteiger charge is 2.58. The molecule has 5 amide bonds. The molecule has 4 aliphatic rings. The number of carbonyl (C=O) groups is 4. The Morgan fingerprint density at radius 3 is 2.67 bits per heavy atom. The molecule has 0 bridgehead atoms. The minimum absolute atomic E-state index is 0.0711. The summed E-state index contributed by atoms with van der Waals surface area (Å²) in [6.07, 6.45) is 6.59. The molecule has 1 spiro atoms. The Bertz CT molecular complexity index is 692. The van der Waals surface area contributed by atoms with E-state index >= 15 is 0 Å². The van der Waals surface area contributed by atoms with Gasteiger partial charge in [-0.15, -0.1) is 0 Å². The van der Waals surface area contributed by atoms with Crippen molar-refractivity contribution in [3.63, 3.8) is 0 Å². The summed E-state index contributed by atoms with van der Waals surface area (Å²) in [5.74, 6) is -0.834. The summed E-state index contributed by atoms with van der Waals surface area (Å²) in [5.41, 5.74) is -0.938. The number of rotatable bonds is 4. The summed E-state index contributed by atoms with van der Waals surface area (Å²) >= 11 is 0. The van der Waals surface area contributed by atoms with Gasteiger partial charge in [0, 0.05) is 24.9 Å². The zero-order chi connectivity index (χ0) is 19.0. The number of hydrogen-bond donors (Lipinski definition) is 3. The number of nitrogens with one attached hydrogen (secondary N) is 3. The molecule has 27 heavy (non-hydrogen) atoms. The van der Waals surface area contributed by atoms with Gasteiger partial charge >= 0.3 is 6.03 Å². The van der Waals surface area contributed by atoms with Crippen molar-refractivity contribution in [2.45, 2.75) is 49.7 Å². The smallest absolute Gasteiger partial charge is 0.322 e. The van der Waals surface area contributed by atoms with E-state index < -0.39 is 11.6 Å². The van der Waals surface area contributed by atoms with Gasteiger partial charge in [-0.3, -0.25) is 19.7 Å². The van der Waals surface area contributed by atoms with Crippen molar-refractivity contribution >= 4 is 23.8 Å². The van der Waals surface area contributed by atoms with Crippen LogP contribution in [0.1, 0.15) is 32.1 Å². The molecular formula is C18H24N4O5. The molecule has 0 aromatic carbocycles. The molecule has 2 aliphatic carbocycles. The summed E-state index contributed by atoms with van der Waals surface area (Å²) < 4.78 is 5.48. The lowest BCUT2D eigenvalue weighted by Crippen LogP contribution is -2.62. The van der Waals surface area contributed by atoms with Crippen LogP contribution in [-0.4, -0.2) is 66.0 Å². The van der Waals surface area contributed by atoms with Crippen LogP contribution in [0.25, 0.3) is 0 Å². The van der Waals surface area contributed by atoms with Crippen LogP contribution in [0, 0.1) is 5.92 Å². The lowest BCUT2D eigenvalue weighted by Gasteiger charge is -2.45. The van der Waals surface area contributed by atoms with Crippen LogP contribution in [0.5, 0.6) is 0 Å². The average molecular weight is 376 g/mol. The SMILES string of the molecule is O=C(C[C@H]1COCCN1C(=O)C1CC2(C1)NC(=O)NC2=O)NC1CC=CC1. The van der Waals surface area contributed by atoms with Crippen molar-refractivity contribution in [1.29, 1.82) is 0 Å². The number of ether oxygens (including phenoxy) is 1. The molecule has 0 radical (unpaired) electrons. The van der Waals surface area contributed by atoms with E-state index in [0.717, 1.165) is 12.8 Å². The van der Waals surface area contributed by atoms with Crippen LogP contribution in [0.15, 0.2) is 12.2 Å². The number of amides is 5. The van der Waals surface area contributed by atoms with Crippen molar-refractivity contribution in [1.82, 2.24) is 20.9 Å². The van der Waals surface area contributed by atoms with Crippen molar-refractivity contribution in [2.24, 2.45) is 5.92 Å². The van der Waals surface area contributed by atoms with Crippen molar-refractivity contribution in [2.75, 3.05) is 19.8 Å². The Balaban J connectivity index is 1.33. The number of nitrogens with zero attached hydrogens (tertiary/aromatic N) is 1. The summed E-state index contributed by atoms with van der Waals surface area (Å²) in [7, 11) is 0. The van der Waals surface area contributed by atoms with E-state index in [1.165, 1.54) is 0 Å². The maximum Gasteiger partial charge on any atom is 0.322 e. The van der Waals surface area contributed by atoms with Crippen LogP contribution >= 0.6 is 0 Å². The number of imide groups is 1. The number of morpholine rings is 1. The Hall–Kier alpha value is -2.42. The fourth-order valence-corrected chi connectivity index (χ4v) is 4.36. The van der Waals surface area contributed by atoms with E-state index in [1.54, 1.807) is 4.90 Å². The molecular weight excluding hydrogens is 352 g/mol. The second kappa shape index (κ2) is 6.95. The van der Waals surface area contributed by atoms with Gasteiger partial charge in [0.1, 0.15) is 5.54 Å². The van der Waals surface area contributed by atoms with Crippen LogP contribution in [0.2, 0.25) is 0 Å². The molecule has 9 heteroatoms. The Labute approximate surface area is 156 Å². The first-order valence-electron chi connectivity index (χ1n) is 9.43. The first-order valence-corrected chi connectivity index (χ1v) is 9.43. The second-order valence-electron chi connectivity index (χ2n) is 7.77.